The van der Waals surface area contributed by atoms with Gasteiger partial charge in [-0.25, -0.2) is 0 Å². The molecule has 0 aliphatic rings. The fraction of sp³-hybridized carbons (Fsp3) is 0.750. The van der Waals surface area contributed by atoms with Crippen molar-refractivity contribution < 1.29 is 4.43 Å². The quantitative estimate of drug-likeness (QED) is 0.352. The minimum absolute atomic E-state index is 0.417. The number of rotatable bonds is 3. The molecule has 1 atom stereocenters. The first-order valence-electron chi connectivity index (χ1n) is 4.03. The first-order valence-corrected chi connectivity index (χ1v) is 9.70. The van der Waals surface area contributed by atoms with Crippen LogP contribution in [0.25, 0.3) is 0 Å². The van der Waals surface area contributed by atoms with E-state index in [1.807, 2.05) is 0 Å². The van der Waals surface area contributed by atoms with Crippen molar-refractivity contribution in [1.29, 1.82) is 0 Å². The van der Waals surface area contributed by atoms with E-state index >= 15 is 0 Å². The van der Waals surface area contributed by atoms with E-state index in [0.717, 1.165) is 13.0 Å². The van der Waals surface area contributed by atoms with Gasteiger partial charge in [0.15, 0.2) is 8.56 Å². The lowest BCUT2D eigenvalue weighted by Crippen LogP contribution is -2.30. The molecule has 0 rings (SSSR count). The van der Waals surface area contributed by atoms with Crippen LogP contribution in [0.1, 0.15) is 27.2 Å². The van der Waals surface area contributed by atoms with Gasteiger partial charge in [-0.05, 0) is 5.04 Å². The zero-order valence-corrected chi connectivity index (χ0v) is 11.1. The molecule has 0 aliphatic carbocycles. The number of hydrogen-bond donors (Lipinski definition) is 0. The van der Waals surface area contributed by atoms with E-state index in [-0.39, 0.29) is 0 Å². The smallest absolute Gasteiger partial charge is 0.159 e. The van der Waals surface area contributed by atoms with Gasteiger partial charge in [0.2, 0.25) is 0 Å². The highest BCUT2D eigenvalue weighted by Gasteiger charge is 2.21. The fourth-order valence-electron chi connectivity index (χ4n) is 0.545. The normalized spacial score (nSPS) is 14.4. The predicted octanol–water partition coefficient (Wildman–Crippen LogP) is 0.412. The number of hydrogen-bond acceptors (Lipinski definition) is 1. The fourth-order valence-corrected chi connectivity index (χ4v) is 2.22. The number of terminal acetylenes is 1. The summed E-state index contributed by atoms with van der Waals surface area (Å²) in [7, 11) is 0.334. The molecule has 1 nitrogen and oxygen atoms in total. The van der Waals surface area contributed by atoms with Gasteiger partial charge in [0.25, 0.3) is 0 Å². The van der Waals surface area contributed by atoms with Crippen molar-refractivity contribution in [3.05, 3.63) is 0 Å². The lowest BCUT2D eigenvalue weighted by Gasteiger charge is -2.25. The third kappa shape index (κ3) is 5.25. The molecular weight excluding hydrogens is 168 g/mol. The van der Waals surface area contributed by atoms with Gasteiger partial charge in [0.05, 0.1) is 0 Å². The maximum Gasteiger partial charge on any atom is 0.159 e. The highest BCUT2D eigenvalue weighted by molar-refractivity contribution is 7.01. The van der Waals surface area contributed by atoms with Crippen molar-refractivity contribution in [3.63, 3.8) is 0 Å². The summed E-state index contributed by atoms with van der Waals surface area (Å²) in [5.41, 5.74) is 0. The molecule has 0 aliphatic heterocycles. The van der Waals surface area contributed by atoms with Crippen LogP contribution < -0.4 is 0 Å². The van der Waals surface area contributed by atoms with Crippen LogP contribution in [0.5, 0.6) is 0 Å². The third-order valence-electron chi connectivity index (χ3n) is 1.83. The van der Waals surface area contributed by atoms with Gasteiger partial charge >= 0.3 is 0 Å². The van der Waals surface area contributed by atoms with Gasteiger partial charge in [-0.2, -0.15) is 0 Å². The van der Waals surface area contributed by atoms with Gasteiger partial charge in [0.1, 0.15) is 0 Å². The Bertz CT molecular complexity index is 143. The standard InChI is InChI=1S/C8H18OSi2/c1-5-6-7-9-11(10)8(2,3)4/h1,11H,6-7H2,2-4,10H3. The Hall–Kier alpha value is -0.0462. The van der Waals surface area contributed by atoms with Gasteiger partial charge in [-0.1, -0.05) is 20.8 Å². The molecule has 0 heterocycles. The summed E-state index contributed by atoms with van der Waals surface area (Å²) in [5.74, 6) is 2.59. The lowest BCUT2D eigenvalue weighted by atomic mass is 10.3. The van der Waals surface area contributed by atoms with Gasteiger partial charge in [-0.15, -0.1) is 12.3 Å². The summed E-state index contributed by atoms with van der Waals surface area (Å²) in [5, 5.41) is 0.417. The molecule has 0 saturated heterocycles. The third-order valence-corrected chi connectivity index (χ3v) is 11.2. The van der Waals surface area contributed by atoms with Crippen LogP contribution in [-0.4, -0.2) is 24.9 Å². The molecule has 0 spiro atoms. The van der Waals surface area contributed by atoms with Gasteiger partial charge < -0.3 is 4.43 Å². The minimum atomic E-state index is -0.879. The second-order valence-electron chi connectivity index (χ2n) is 3.83. The Balaban J connectivity index is 3.55. The van der Waals surface area contributed by atoms with Crippen LogP contribution in [0.2, 0.25) is 5.04 Å². The second kappa shape index (κ2) is 4.76. The Labute approximate surface area is 74.5 Å². The molecule has 0 N–H and O–H groups in total. The molecule has 1 unspecified atom stereocenters. The summed E-state index contributed by atoms with van der Waals surface area (Å²) >= 11 is 0. The molecule has 0 fully saturated rings. The summed E-state index contributed by atoms with van der Waals surface area (Å²) in [4.78, 5) is 0. The van der Waals surface area contributed by atoms with Gasteiger partial charge in [0, 0.05) is 22.8 Å². The van der Waals surface area contributed by atoms with Crippen LogP contribution in [-0.2, 0) is 4.43 Å². The van der Waals surface area contributed by atoms with E-state index in [9.17, 15) is 0 Å². The van der Waals surface area contributed by atoms with E-state index in [1.54, 1.807) is 0 Å². The molecule has 0 bridgehead atoms. The molecule has 11 heavy (non-hydrogen) atoms. The topological polar surface area (TPSA) is 9.23 Å². The van der Waals surface area contributed by atoms with Crippen molar-refractivity contribution in [2.75, 3.05) is 6.61 Å². The SMILES string of the molecule is C#CCCO[SiH]([SiH3])C(C)(C)C. The van der Waals surface area contributed by atoms with Crippen LogP contribution in [0.4, 0.5) is 0 Å². The highest BCUT2D eigenvalue weighted by atomic mass is 29.2. The largest absolute Gasteiger partial charge is 0.423 e. The lowest BCUT2D eigenvalue weighted by molar-refractivity contribution is 0.324. The van der Waals surface area contributed by atoms with E-state index < -0.39 is 8.56 Å². The summed E-state index contributed by atoms with van der Waals surface area (Å²) in [6, 6.07) is 0. The van der Waals surface area contributed by atoms with Crippen LogP contribution in [0.15, 0.2) is 0 Å². The molecule has 0 aromatic heterocycles. The Morgan fingerprint density at radius 3 is 2.45 bits per heavy atom. The van der Waals surface area contributed by atoms with Crippen LogP contribution in [0.3, 0.4) is 0 Å². The predicted molar refractivity (Wildman–Crippen MR) is 56.2 cm³/mol. The Kier molecular flexibility index (Phi) is 4.74. The molecule has 0 amide bonds. The summed E-state index contributed by atoms with van der Waals surface area (Å²) < 4.78 is 5.70. The molecular formula is C8H18OSi2. The van der Waals surface area contributed by atoms with Crippen molar-refractivity contribution in [2.45, 2.75) is 32.2 Å². The highest BCUT2D eigenvalue weighted by Crippen LogP contribution is 2.25. The van der Waals surface area contributed by atoms with Crippen LogP contribution >= 0.6 is 0 Å². The minimum Gasteiger partial charge on any atom is -0.423 e. The average molecular weight is 186 g/mol. The van der Waals surface area contributed by atoms with E-state index in [0.29, 0.717) is 5.04 Å². The van der Waals surface area contributed by atoms with E-state index in [1.165, 1.54) is 9.76 Å². The van der Waals surface area contributed by atoms with E-state index in [2.05, 4.69) is 26.7 Å². The summed E-state index contributed by atoms with van der Waals surface area (Å²) in [6.07, 6.45) is 5.89. The second-order valence-corrected chi connectivity index (χ2v) is 10.3. The first kappa shape index (κ1) is 11.0. The summed E-state index contributed by atoms with van der Waals surface area (Å²) in [6.45, 7) is 7.54. The molecule has 0 radical (unpaired) electrons. The Morgan fingerprint density at radius 1 is 1.55 bits per heavy atom. The zero-order chi connectivity index (χ0) is 8.91. The maximum atomic E-state index is 5.70. The average Bonchev–Trinajstić information content (AvgIpc) is 1.86. The molecule has 0 saturated carbocycles. The molecule has 0 aromatic rings. The monoisotopic (exact) mass is 186 g/mol. The van der Waals surface area contributed by atoms with Crippen molar-refractivity contribution in [2.24, 2.45) is 0 Å². The van der Waals surface area contributed by atoms with Crippen molar-refractivity contribution >= 4 is 18.3 Å². The zero-order valence-electron chi connectivity index (χ0n) is 7.98. The Morgan fingerprint density at radius 2 is 2.09 bits per heavy atom. The van der Waals surface area contributed by atoms with Crippen molar-refractivity contribution in [1.82, 2.24) is 0 Å². The first-order chi connectivity index (χ1) is 4.98. The van der Waals surface area contributed by atoms with Gasteiger partial charge in [-0.3, -0.25) is 0 Å². The molecule has 0 aromatic carbocycles. The maximum absolute atomic E-state index is 5.70. The molecule has 3 heteroatoms. The van der Waals surface area contributed by atoms with Crippen molar-refractivity contribution in [3.8, 4) is 12.3 Å². The van der Waals surface area contributed by atoms with Crippen LogP contribution in [0, 0.1) is 12.3 Å². The molecule has 64 valence electrons. The van der Waals surface area contributed by atoms with E-state index in [4.69, 9.17) is 10.8 Å².